The van der Waals surface area contributed by atoms with E-state index in [9.17, 15) is 24.3 Å². The summed E-state index contributed by atoms with van der Waals surface area (Å²) in [5.74, 6) is -2.94. The first-order valence-electron chi connectivity index (χ1n) is 11.3. The number of carbonyl (C=O) groups excluding carboxylic acids is 2. The predicted molar refractivity (Wildman–Crippen MR) is 123 cm³/mol. The Balaban J connectivity index is 1.44. The van der Waals surface area contributed by atoms with E-state index in [1.54, 1.807) is 25.6 Å². The number of aromatic nitrogens is 1. The van der Waals surface area contributed by atoms with E-state index < -0.39 is 23.8 Å². The van der Waals surface area contributed by atoms with Crippen LogP contribution in [-0.2, 0) is 14.4 Å². The molecule has 2 amide bonds. The Hall–Kier alpha value is -2.39. The van der Waals surface area contributed by atoms with Crippen LogP contribution in [0, 0.1) is 35.5 Å². The van der Waals surface area contributed by atoms with E-state index in [-0.39, 0.29) is 51.5 Å². The van der Waals surface area contributed by atoms with Crippen LogP contribution < -0.4 is 4.87 Å². The Morgan fingerprint density at radius 2 is 1.76 bits per heavy atom. The number of hydrogen-bond donors (Lipinski definition) is 2. The second-order valence-electron chi connectivity index (χ2n) is 9.94. The monoisotopic (exact) mass is 484 g/mol. The van der Waals surface area contributed by atoms with Crippen molar-refractivity contribution < 1.29 is 19.5 Å². The van der Waals surface area contributed by atoms with Crippen molar-refractivity contribution in [2.45, 2.75) is 42.5 Å². The smallest absolute Gasteiger partial charge is 0.327 e. The molecule has 3 heterocycles. The van der Waals surface area contributed by atoms with Gasteiger partial charge >= 0.3 is 10.8 Å². The molecule has 2 bridgehead atoms. The Morgan fingerprint density at radius 1 is 1.09 bits per heavy atom. The van der Waals surface area contributed by atoms with Gasteiger partial charge in [-0.15, -0.1) is 11.8 Å². The summed E-state index contributed by atoms with van der Waals surface area (Å²) < 4.78 is 0. The first-order chi connectivity index (χ1) is 15.8. The van der Waals surface area contributed by atoms with Crippen molar-refractivity contribution in [3.05, 3.63) is 50.4 Å². The van der Waals surface area contributed by atoms with Crippen LogP contribution in [-0.4, -0.2) is 44.1 Å². The number of nitrogens with zero attached hydrogens (tertiary/aromatic N) is 1. The molecule has 1 saturated heterocycles. The van der Waals surface area contributed by atoms with Gasteiger partial charge in [-0.05, 0) is 35.7 Å². The standard InChI is InChI=1S/C24H24N2O5S2/c1-9(2)17(23(29)30)26-21(27)15-11-8-12(16(15)22(26)28)18-14(11)13(10-6-4-3-5-7-10)19-20(32-18)25-24(31)33-19/h3-7,9,11-18H,8H2,1-2H3,(H,25,31)(H,29,30)/t11?,12?,13-,14?,15?,16?,17?,18?/m1/s1. The molecule has 0 radical (unpaired) electrons. The highest BCUT2D eigenvalue weighted by Crippen LogP contribution is 2.68. The van der Waals surface area contributed by atoms with Gasteiger partial charge in [0.1, 0.15) is 6.04 Å². The highest BCUT2D eigenvalue weighted by molar-refractivity contribution is 8.00. The number of aromatic amines is 1. The summed E-state index contributed by atoms with van der Waals surface area (Å²) in [6.45, 7) is 3.47. The third-order valence-corrected chi connectivity index (χ3v) is 10.7. The number of imide groups is 1. The fourth-order valence-electron chi connectivity index (χ4n) is 7.04. The average Bonchev–Trinajstić information content (AvgIpc) is 3.49. The lowest BCUT2D eigenvalue weighted by Gasteiger charge is -2.43. The van der Waals surface area contributed by atoms with E-state index in [0.717, 1.165) is 26.8 Å². The van der Waals surface area contributed by atoms with Crippen molar-refractivity contribution in [1.82, 2.24) is 9.88 Å². The molecule has 0 spiro atoms. The number of carbonyl (C=O) groups is 3. The van der Waals surface area contributed by atoms with Gasteiger partial charge in [-0.25, -0.2) is 4.79 Å². The number of hydrogen-bond acceptors (Lipinski definition) is 6. The first kappa shape index (κ1) is 21.2. The molecule has 8 atom stereocenters. The van der Waals surface area contributed by atoms with Gasteiger partial charge in [-0.1, -0.05) is 55.5 Å². The molecule has 2 aromatic rings. The van der Waals surface area contributed by atoms with Crippen LogP contribution in [0.2, 0.25) is 0 Å². The summed E-state index contributed by atoms with van der Waals surface area (Å²) in [7, 11) is 0. The lowest BCUT2D eigenvalue weighted by atomic mass is 9.68. The van der Waals surface area contributed by atoms with E-state index in [4.69, 9.17) is 0 Å². The van der Waals surface area contributed by atoms with Gasteiger partial charge in [0.15, 0.2) is 0 Å². The normalized spacial score (nSPS) is 35.0. The number of rotatable bonds is 4. The van der Waals surface area contributed by atoms with Crippen molar-refractivity contribution in [3.63, 3.8) is 0 Å². The predicted octanol–water partition coefficient (Wildman–Crippen LogP) is 3.02. The zero-order chi connectivity index (χ0) is 23.2. The number of thioether (sulfide) groups is 1. The van der Waals surface area contributed by atoms with Crippen LogP contribution in [0.25, 0.3) is 0 Å². The third kappa shape index (κ3) is 2.81. The number of thiazole rings is 1. The fourth-order valence-corrected chi connectivity index (χ4v) is 9.93. The molecule has 9 heteroatoms. The molecular formula is C24H24N2O5S2. The zero-order valence-electron chi connectivity index (χ0n) is 18.1. The second kappa shape index (κ2) is 7.30. The number of nitrogens with one attached hydrogen (secondary N) is 1. The Bertz CT molecular complexity index is 1220. The van der Waals surface area contributed by atoms with Crippen LogP contribution in [0.1, 0.15) is 36.6 Å². The van der Waals surface area contributed by atoms with Gasteiger partial charge in [0.2, 0.25) is 11.8 Å². The Morgan fingerprint density at radius 3 is 2.39 bits per heavy atom. The van der Waals surface area contributed by atoms with E-state index in [0.29, 0.717) is 0 Å². The van der Waals surface area contributed by atoms with Gasteiger partial charge in [0, 0.05) is 16.0 Å². The van der Waals surface area contributed by atoms with Crippen LogP contribution in [0.15, 0.2) is 40.2 Å². The topological polar surface area (TPSA) is 108 Å². The number of fused-ring (bicyclic) bond motifs is 9. The van der Waals surface area contributed by atoms with Crippen molar-refractivity contribution in [2.24, 2.45) is 35.5 Å². The number of benzene rings is 1. The van der Waals surface area contributed by atoms with Gasteiger partial charge < -0.3 is 10.1 Å². The molecule has 6 rings (SSSR count). The average molecular weight is 485 g/mol. The second-order valence-corrected chi connectivity index (χ2v) is 12.1. The molecule has 2 aliphatic heterocycles. The molecule has 33 heavy (non-hydrogen) atoms. The highest BCUT2D eigenvalue weighted by Gasteiger charge is 2.70. The van der Waals surface area contributed by atoms with E-state index >= 15 is 0 Å². The van der Waals surface area contributed by atoms with Crippen molar-refractivity contribution in [3.8, 4) is 0 Å². The maximum atomic E-state index is 13.6. The van der Waals surface area contributed by atoms with E-state index in [1.165, 1.54) is 11.3 Å². The van der Waals surface area contributed by atoms with Crippen LogP contribution >= 0.6 is 23.1 Å². The quantitative estimate of drug-likeness (QED) is 0.646. The van der Waals surface area contributed by atoms with Gasteiger partial charge in [0.05, 0.1) is 16.9 Å². The van der Waals surface area contributed by atoms with Crippen molar-refractivity contribution in [2.75, 3.05) is 0 Å². The fraction of sp³-hybridized carbons (Fsp3) is 0.500. The summed E-state index contributed by atoms with van der Waals surface area (Å²) >= 11 is 2.88. The molecule has 2 saturated carbocycles. The minimum atomic E-state index is -1.13. The lowest BCUT2D eigenvalue weighted by Crippen LogP contribution is -2.49. The Kier molecular flexibility index (Phi) is 4.68. The summed E-state index contributed by atoms with van der Waals surface area (Å²) in [6.07, 6.45) is 0.797. The summed E-state index contributed by atoms with van der Waals surface area (Å²) in [6, 6.07) is 8.95. The minimum absolute atomic E-state index is 0.000761. The summed E-state index contributed by atoms with van der Waals surface area (Å²) in [5.41, 5.74) is 1.12. The SMILES string of the molecule is CC(C)C(C(=O)O)N1C(=O)C2C3CC(C2C1=O)C1C3Sc2[nH]c(=O)sc2[C@@H]1c1ccccc1. The molecule has 7 nitrogen and oxygen atoms in total. The van der Waals surface area contributed by atoms with Crippen LogP contribution in [0.3, 0.4) is 0 Å². The number of H-pyrrole nitrogens is 1. The molecule has 7 unspecified atom stereocenters. The number of carboxylic acids is 1. The molecular weight excluding hydrogens is 460 g/mol. The van der Waals surface area contributed by atoms with E-state index in [2.05, 4.69) is 17.1 Å². The highest BCUT2D eigenvalue weighted by atomic mass is 32.2. The molecule has 2 N–H and O–H groups in total. The molecule has 4 aliphatic rings. The largest absolute Gasteiger partial charge is 0.480 e. The van der Waals surface area contributed by atoms with Gasteiger partial charge in [0.25, 0.3) is 0 Å². The minimum Gasteiger partial charge on any atom is -0.480 e. The van der Waals surface area contributed by atoms with Gasteiger partial charge in [-0.2, -0.15) is 0 Å². The van der Waals surface area contributed by atoms with E-state index in [1.807, 2.05) is 18.2 Å². The van der Waals surface area contributed by atoms with Gasteiger partial charge in [-0.3, -0.25) is 19.3 Å². The summed E-state index contributed by atoms with van der Waals surface area (Å²) in [5, 5.41) is 10.8. The molecule has 1 aromatic carbocycles. The molecule has 2 aliphatic carbocycles. The number of carboxylic acid groups (broad SMARTS) is 1. The number of likely N-dealkylation sites (tertiary alicyclic amines) is 1. The number of amides is 2. The maximum Gasteiger partial charge on any atom is 0.327 e. The molecule has 172 valence electrons. The lowest BCUT2D eigenvalue weighted by molar-refractivity contribution is -0.157. The van der Waals surface area contributed by atoms with Crippen molar-refractivity contribution >= 4 is 40.9 Å². The van der Waals surface area contributed by atoms with Crippen LogP contribution in [0.4, 0.5) is 0 Å². The van der Waals surface area contributed by atoms with Crippen molar-refractivity contribution in [1.29, 1.82) is 0 Å². The molecule has 3 fully saturated rings. The third-order valence-electron chi connectivity index (χ3n) is 8.08. The maximum absolute atomic E-state index is 13.6. The van der Waals surface area contributed by atoms with Crippen LogP contribution in [0.5, 0.6) is 0 Å². The summed E-state index contributed by atoms with van der Waals surface area (Å²) in [4.78, 5) is 56.3. The first-order valence-corrected chi connectivity index (χ1v) is 13.0. The Labute approximate surface area is 198 Å². The number of aliphatic carboxylic acids is 1. The molecule has 1 aromatic heterocycles. The zero-order valence-corrected chi connectivity index (χ0v) is 19.8.